The molecule has 1 rings (SSSR count). The molecule has 0 atom stereocenters. The van der Waals surface area contributed by atoms with Gasteiger partial charge >= 0.3 is 18.2 Å². The quantitative estimate of drug-likeness (QED) is 0.513. The van der Waals surface area contributed by atoms with Crippen molar-refractivity contribution >= 4 is 5.69 Å². The lowest BCUT2D eigenvalue weighted by molar-refractivity contribution is -0.386. The Morgan fingerprint density at radius 3 is 2.42 bits per heavy atom. The summed E-state index contributed by atoms with van der Waals surface area (Å²) in [5.41, 5.74) is -1.79. The SMILES string of the molecule is O=[N+]([O-])c1cc(OC(F)(F)C(F)F)c(CF)cc1O. The summed E-state index contributed by atoms with van der Waals surface area (Å²) < 4.78 is 65.2. The Morgan fingerprint density at radius 2 is 2.00 bits per heavy atom. The summed E-state index contributed by atoms with van der Waals surface area (Å²) in [6.07, 6.45) is -9.14. The van der Waals surface area contributed by atoms with Crippen molar-refractivity contribution in [3.05, 3.63) is 27.8 Å². The Labute approximate surface area is 102 Å². The standard InChI is InChI=1S/C9H6F5NO4/c10-3-4-1-6(16)5(15(17)18)2-7(4)19-9(13,14)8(11)12/h1-2,8,16H,3H2. The fraction of sp³-hybridized carbons (Fsp3) is 0.333. The third-order valence-corrected chi connectivity index (χ3v) is 2.00. The second-order valence-corrected chi connectivity index (χ2v) is 3.30. The Morgan fingerprint density at radius 1 is 1.42 bits per heavy atom. The number of rotatable bonds is 5. The first-order valence-electron chi connectivity index (χ1n) is 4.60. The topological polar surface area (TPSA) is 72.6 Å². The first-order chi connectivity index (χ1) is 8.69. The van der Waals surface area contributed by atoms with Crippen LogP contribution in [0.15, 0.2) is 12.1 Å². The lowest BCUT2D eigenvalue weighted by Crippen LogP contribution is -2.33. The van der Waals surface area contributed by atoms with Gasteiger partial charge in [0.05, 0.1) is 11.0 Å². The van der Waals surface area contributed by atoms with Crippen LogP contribution in [0.5, 0.6) is 11.5 Å². The molecule has 0 amide bonds. The molecule has 0 aromatic heterocycles. The highest BCUT2D eigenvalue weighted by atomic mass is 19.3. The number of ether oxygens (including phenoxy) is 1. The molecule has 0 fully saturated rings. The van der Waals surface area contributed by atoms with Crippen LogP contribution in [0, 0.1) is 10.1 Å². The van der Waals surface area contributed by atoms with Crippen molar-refractivity contribution in [1.29, 1.82) is 0 Å². The number of nitro benzene ring substituents is 1. The molecular weight excluding hydrogens is 281 g/mol. The Kier molecular flexibility index (Phi) is 4.12. The van der Waals surface area contributed by atoms with E-state index in [2.05, 4.69) is 4.74 Å². The Balaban J connectivity index is 3.26. The second kappa shape index (κ2) is 5.24. The van der Waals surface area contributed by atoms with E-state index in [4.69, 9.17) is 5.11 Å². The summed E-state index contributed by atoms with van der Waals surface area (Å²) in [5.74, 6) is -2.14. The number of hydrogen-bond acceptors (Lipinski definition) is 4. The third-order valence-electron chi connectivity index (χ3n) is 2.00. The lowest BCUT2D eigenvalue weighted by Gasteiger charge is -2.18. The van der Waals surface area contributed by atoms with Crippen LogP contribution >= 0.6 is 0 Å². The minimum absolute atomic E-state index is 0.251. The van der Waals surface area contributed by atoms with Crippen molar-refractivity contribution in [3.8, 4) is 11.5 Å². The normalized spacial score (nSPS) is 11.7. The predicted molar refractivity (Wildman–Crippen MR) is 51.2 cm³/mol. The molecule has 1 aromatic rings. The molecule has 0 unspecified atom stereocenters. The van der Waals surface area contributed by atoms with Gasteiger partial charge in [-0.3, -0.25) is 10.1 Å². The molecule has 1 aromatic carbocycles. The largest absolute Gasteiger partial charge is 0.502 e. The molecule has 1 N–H and O–H groups in total. The summed E-state index contributed by atoms with van der Waals surface area (Å²) in [5, 5.41) is 19.6. The molecule has 0 saturated heterocycles. The average Bonchev–Trinajstić information content (AvgIpc) is 2.29. The molecule has 5 nitrogen and oxygen atoms in total. The van der Waals surface area contributed by atoms with Gasteiger partial charge in [-0.2, -0.15) is 17.6 Å². The number of phenols is 1. The van der Waals surface area contributed by atoms with E-state index >= 15 is 0 Å². The third kappa shape index (κ3) is 3.20. The fourth-order valence-corrected chi connectivity index (χ4v) is 1.14. The Hall–Kier alpha value is -2.13. The van der Waals surface area contributed by atoms with Crippen molar-refractivity contribution in [1.82, 2.24) is 0 Å². The molecule has 0 aliphatic rings. The Bertz CT molecular complexity index is 494. The first-order valence-corrected chi connectivity index (χ1v) is 4.60. The number of alkyl halides is 5. The van der Waals surface area contributed by atoms with Gasteiger partial charge in [0.1, 0.15) is 12.4 Å². The number of nitrogens with zero attached hydrogens (tertiary/aromatic N) is 1. The van der Waals surface area contributed by atoms with Gasteiger partial charge in [-0.1, -0.05) is 0 Å². The maximum atomic E-state index is 12.7. The molecule has 0 bridgehead atoms. The molecule has 0 spiro atoms. The van der Waals surface area contributed by atoms with Crippen LogP contribution < -0.4 is 4.74 Å². The van der Waals surface area contributed by atoms with Crippen molar-refractivity contribution in [3.63, 3.8) is 0 Å². The smallest absolute Gasteiger partial charge is 0.461 e. The monoisotopic (exact) mass is 287 g/mol. The summed E-state index contributed by atoms with van der Waals surface area (Å²) in [6, 6.07) is 0.704. The van der Waals surface area contributed by atoms with Gasteiger partial charge < -0.3 is 9.84 Å². The van der Waals surface area contributed by atoms with Crippen LogP contribution in [0.3, 0.4) is 0 Å². The zero-order chi connectivity index (χ0) is 14.8. The molecule has 0 aliphatic carbocycles. The summed E-state index contributed by atoms with van der Waals surface area (Å²) in [7, 11) is 0. The molecular formula is C9H6F5NO4. The maximum Gasteiger partial charge on any atom is 0.461 e. The van der Waals surface area contributed by atoms with Crippen molar-refractivity contribution in [2.24, 2.45) is 0 Å². The highest BCUT2D eigenvalue weighted by Crippen LogP contribution is 2.37. The summed E-state index contributed by atoms with van der Waals surface area (Å²) in [4.78, 5) is 9.27. The van der Waals surface area contributed by atoms with E-state index < -0.39 is 46.9 Å². The number of aromatic hydroxyl groups is 1. The average molecular weight is 287 g/mol. The number of benzene rings is 1. The second-order valence-electron chi connectivity index (χ2n) is 3.30. The first kappa shape index (κ1) is 14.9. The fourth-order valence-electron chi connectivity index (χ4n) is 1.14. The predicted octanol–water partition coefficient (Wildman–Crippen LogP) is 3.01. The van der Waals surface area contributed by atoms with Crippen molar-refractivity contribution in [2.75, 3.05) is 0 Å². The number of phenolic OH excluding ortho intramolecular Hbond substituents is 1. The molecule has 0 heterocycles. The number of halogens is 5. The zero-order valence-electron chi connectivity index (χ0n) is 8.95. The highest BCUT2D eigenvalue weighted by Gasteiger charge is 2.44. The van der Waals surface area contributed by atoms with Crippen LogP contribution in [0.1, 0.15) is 5.56 Å². The summed E-state index contributed by atoms with van der Waals surface area (Å²) in [6.45, 7) is -1.44. The van der Waals surface area contributed by atoms with Crippen molar-refractivity contribution in [2.45, 2.75) is 19.2 Å². The van der Waals surface area contributed by atoms with E-state index in [1.54, 1.807) is 0 Å². The van der Waals surface area contributed by atoms with E-state index in [0.717, 1.165) is 0 Å². The van der Waals surface area contributed by atoms with Crippen LogP contribution in [0.2, 0.25) is 0 Å². The van der Waals surface area contributed by atoms with E-state index in [0.29, 0.717) is 6.07 Å². The van der Waals surface area contributed by atoms with Crippen LogP contribution in [0.4, 0.5) is 27.6 Å². The van der Waals surface area contributed by atoms with E-state index in [1.165, 1.54) is 0 Å². The van der Waals surface area contributed by atoms with Gasteiger partial charge in [-0.25, -0.2) is 4.39 Å². The maximum absolute atomic E-state index is 12.7. The molecule has 0 radical (unpaired) electrons. The van der Waals surface area contributed by atoms with E-state index in [-0.39, 0.29) is 6.07 Å². The van der Waals surface area contributed by atoms with Gasteiger partial charge in [0.15, 0.2) is 5.75 Å². The van der Waals surface area contributed by atoms with Gasteiger partial charge in [0.25, 0.3) is 0 Å². The molecule has 10 heteroatoms. The van der Waals surface area contributed by atoms with Gasteiger partial charge in [0.2, 0.25) is 0 Å². The lowest BCUT2D eigenvalue weighted by atomic mass is 10.2. The van der Waals surface area contributed by atoms with E-state index in [9.17, 15) is 32.1 Å². The van der Waals surface area contributed by atoms with Gasteiger partial charge in [-0.15, -0.1) is 0 Å². The van der Waals surface area contributed by atoms with Crippen molar-refractivity contribution < 1.29 is 36.7 Å². The molecule has 106 valence electrons. The highest BCUT2D eigenvalue weighted by molar-refractivity contribution is 5.54. The van der Waals surface area contributed by atoms with E-state index in [1.807, 2.05) is 0 Å². The van der Waals surface area contributed by atoms with Gasteiger partial charge in [-0.05, 0) is 6.07 Å². The number of hydrogen-bond donors (Lipinski definition) is 1. The van der Waals surface area contributed by atoms with Gasteiger partial charge in [0, 0.05) is 5.56 Å². The van der Waals surface area contributed by atoms with Crippen LogP contribution in [0.25, 0.3) is 0 Å². The molecule has 0 aliphatic heterocycles. The number of nitro groups is 1. The minimum atomic E-state index is -4.94. The molecule has 19 heavy (non-hydrogen) atoms. The zero-order valence-corrected chi connectivity index (χ0v) is 8.95. The molecule has 0 saturated carbocycles. The summed E-state index contributed by atoms with van der Waals surface area (Å²) >= 11 is 0. The minimum Gasteiger partial charge on any atom is -0.502 e. The van der Waals surface area contributed by atoms with Crippen LogP contribution in [-0.4, -0.2) is 22.6 Å². The van der Waals surface area contributed by atoms with Crippen LogP contribution in [-0.2, 0) is 6.67 Å².